The molecule has 1 heterocycles. The lowest BCUT2D eigenvalue weighted by Crippen LogP contribution is -2.40. The Balaban J connectivity index is 2.26. The van der Waals surface area contributed by atoms with Gasteiger partial charge in [0.15, 0.2) is 0 Å². The fraction of sp³-hybridized carbons (Fsp3) is 0.455. The third kappa shape index (κ3) is 3.59. The summed E-state index contributed by atoms with van der Waals surface area (Å²) in [6.07, 6.45) is -1.86. The summed E-state index contributed by atoms with van der Waals surface area (Å²) in [5.41, 5.74) is 5.54. The maximum absolute atomic E-state index is 12.5. The number of halogens is 4. The molecule has 1 aromatic rings. The summed E-state index contributed by atoms with van der Waals surface area (Å²) in [4.78, 5) is 16.7. The second kappa shape index (κ2) is 4.99. The van der Waals surface area contributed by atoms with Crippen LogP contribution in [0.4, 0.5) is 19.0 Å². The van der Waals surface area contributed by atoms with Crippen molar-refractivity contribution in [1.29, 1.82) is 0 Å². The number of hydrogen-bond acceptors (Lipinski definition) is 3. The smallest absolute Gasteiger partial charge is 0.383 e. The van der Waals surface area contributed by atoms with E-state index in [1.54, 1.807) is 0 Å². The van der Waals surface area contributed by atoms with Crippen LogP contribution in [0.15, 0.2) is 16.7 Å². The van der Waals surface area contributed by atoms with Crippen molar-refractivity contribution >= 4 is 27.7 Å². The Morgan fingerprint density at radius 3 is 2.68 bits per heavy atom. The summed E-state index contributed by atoms with van der Waals surface area (Å²) in [6, 6.07) is 1.03. The van der Waals surface area contributed by atoms with Crippen molar-refractivity contribution in [2.75, 3.05) is 12.3 Å². The van der Waals surface area contributed by atoms with Crippen LogP contribution in [0.1, 0.15) is 23.2 Å². The van der Waals surface area contributed by atoms with E-state index in [1.807, 2.05) is 0 Å². The monoisotopic (exact) mass is 337 g/mol. The van der Waals surface area contributed by atoms with E-state index in [0.29, 0.717) is 17.3 Å². The highest BCUT2D eigenvalue weighted by Gasteiger charge is 2.41. The number of rotatable bonds is 3. The maximum Gasteiger partial charge on any atom is 0.406 e. The fourth-order valence-electron chi connectivity index (χ4n) is 1.72. The average Bonchev–Trinajstić information content (AvgIpc) is 3.11. The maximum atomic E-state index is 12.5. The van der Waals surface area contributed by atoms with Crippen LogP contribution in [0, 0.1) is 0 Å². The first-order chi connectivity index (χ1) is 8.78. The predicted octanol–water partition coefficient (Wildman–Crippen LogP) is 2.59. The molecule has 1 fully saturated rings. The minimum absolute atomic E-state index is 0.00877. The molecule has 104 valence electrons. The molecule has 1 saturated carbocycles. The van der Waals surface area contributed by atoms with Crippen LogP contribution >= 0.6 is 15.9 Å². The van der Waals surface area contributed by atoms with E-state index in [2.05, 4.69) is 20.9 Å². The van der Waals surface area contributed by atoms with Gasteiger partial charge in [-0.25, -0.2) is 4.98 Å². The molecule has 1 amide bonds. The minimum atomic E-state index is -4.42. The van der Waals surface area contributed by atoms with Gasteiger partial charge in [-0.2, -0.15) is 13.2 Å². The van der Waals surface area contributed by atoms with Gasteiger partial charge in [-0.05, 0) is 34.8 Å². The van der Waals surface area contributed by atoms with Gasteiger partial charge >= 0.3 is 6.18 Å². The van der Waals surface area contributed by atoms with E-state index >= 15 is 0 Å². The standard InChI is InChI=1S/C11H11BrF3N3O/c12-6-3-8(9(16)17-4-6)10(19)18(7-1-2-7)5-11(13,14)15/h3-4,7H,1-2,5H2,(H2,16,17). The topological polar surface area (TPSA) is 59.2 Å². The summed E-state index contributed by atoms with van der Waals surface area (Å²) >= 11 is 3.12. The molecular weight excluding hydrogens is 327 g/mol. The summed E-state index contributed by atoms with van der Waals surface area (Å²) in [5.74, 6) is -0.799. The van der Waals surface area contributed by atoms with Gasteiger partial charge in [0.2, 0.25) is 0 Å². The van der Waals surface area contributed by atoms with Gasteiger partial charge < -0.3 is 10.6 Å². The van der Waals surface area contributed by atoms with Crippen molar-refractivity contribution in [1.82, 2.24) is 9.88 Å². The van der Waals surface area contributed by atoms with Gasteiger partial charge in [-0.15, -0.1) is 0 Å². The van der Waals surface area contributed by atoms with Crippen LogP contribution in [0.25, 0.3) is 0 Å². The molecule has 0 unspecified atom stereocenters. The van der Waals surface area contributed by atoms with Crippen LogP contribution in [-0.4, -0.2) is 34.6 Å². The van der Waals surface area contributed by atoms with Gasteiger partial charge in [0.25, 0.3) is 5.91 Å². The Bertz CT molecular complexity index is 502. The largest absolute Gasteiger partial charge is 0.406 e. The van der Waals surface area contributed by atoms with Crippen molar-refractivity contribution in [3.63, 3.8) is 0 Å². The first-order valence-electron chi connectivity index (χ1n) is 5.56. The third-order valence-corrected chi connectivity index (χ3v) is 3.15. The number of pyridine rings is 1. The molecule has 0 atom stereocenters. The highest BCUT2D eigenvalue weighted by molar-refractivity contribution is 9.10. The van der Waals surface area contributed by atoms with Crippen LogP contribution in [-0.2, 0) is 0 Å². The molecule has 0 aromatic carbocycles. The highest BCUT2D eigenvalue weighted by atomic mass is 79.9. The molecule has 2 rings (SSSR count). The summed E-state index contributed by atoms with van der Waals surface area (Å²) in [6.45, 7) is -1.26. The lowest BCUT2D eigenvalue weighted by molar-refractivity contribution is -0.141. The van der Waals surface area contributed by atoms with Crippen LogP contribution in [0.3, 0.4) is 0 Å². The minimum Gasteiger partial charge on any atom is -0.383 e. The molecular formula is C11H11BrF3N3O. The second-order valence-electron chi connectivity index (χ2n) is 4.37. The van der Waals surface area contributed by atoms with Crippen LogP contribution in [0.5, 0.6) is 0 Å². The van der Waals surface area contributed by atoms with E-state index in [1.165, 1.54) is 12.3 Å². The fourth-order valence-corrected chi connectivity index (χ4v) is 2.05. The zero-order valence-corrected chi connectivity index (χ0v) is 11.3. The zero-order chi connectivity index (χ0) is 14.2. The molecule has 0 bridgehead atoms. The van der Waals surface area contributed by atoms with Gasteiger partial charge in [0.05, 0.1) is 5.56 Å². The van der Waals surface area contributed by atoms with Crippen molar-refractivity contribution in [2.45, 2.75) is 25.1 Å². The van der Waals surface area contributed by atoms with Crippen molar-refractivity contribution in [3.05, 3.63) is 22.3 Å². The number of carbonyl (C=O) groups excluding carboxylic acids is 1. The molecule has 1 aliphatic rings. The van der Waals surface area contributed by atoms with Gasteiger partial charge in [-0.3, -0.25) is 4.79 Å². The molecule has 0 spiro atoms. The van der Waals surface area contributed by atoms with Gasteiger partial charge in [-0.1, -0.05) is 0 Å². The Hall–Kier alpha value is -1.31. The second-order valence-corrected chi connectivity index (χ2v) is 5.28. The van der Waals surface area contributed by atoms with Crippen molar-refractivity contribution in [3.8, 4) is 0 Å². The number of amides is 1. The Kier molecular flexibility index (Phi) is 3.71. The molecule has 1 aromatic heterocycles. The Morgan fingerprint density at radius 1 is 1.53 bits per heavy atom. The molecule has 2 N–H and O–H groups in total. The van der Waals surface area contributed by atoms with Crippen molar-refractivity contribution in [2.24, 2.45) is 0 Å². The zero-order valence-electron chi connectivity index (χ0n) is 9.75. The first-order valence-corrected chi connectivity index (χ1v) is 6.36. The number of hydrogen-bond donors (Lipinski definition) is 1. The lowest BCUT2D eigenvalue weighted by Gasteiger charge is -2.24. The molecule has 8 heteroatoms. The molecule has 0 saturated heterocycles. The molecule has 0 radical (unpaired) electrons. The number of nitrogens with zero attached hydrogens (tertiary/aromatic N) is 2. The number of alkyl halides is 3. The summed E-state index contributed by atoms with van der Waals surface area (Å²) in [7, 11) is 0. The predicted molar refractivity (Wildman–Crippen MR) is 66.5 cm³/mol. The van der Waals surface area contributed by atoms with Crippen molar-refractivity contribution < 1.29 is 18.0 Å². The van der Waals surface area contributed by atoms with Gasteiger partial charge in [0, 0.05) is 16.7 Å². The number of nitrogens with two attached hydrogens (primary N) is 1. The van der Waals surface area contributed by atoms with Crippen LogP contribution in [0.2, 0.25) is 0 Å². The molecule has 19 heavy (non-hydrogen) atoms. The lowest BCUT2D eigenvalue weighted by atomic mass is 10.2. The van der Waals surface area contributed by atoms with E-state index in [0.717, 1.165) is 4.90 Å². The summed E-state index contributed by atoms with van der Waals surface area (Å²) in [5, 5.41) is 0. The number of anilines is 1. The molecule has 0 aliphatic heterocycles. The number of aromatic nitrogens is 1. The first kappa shape index (κ1) is 14.1. The Morgan fingerprint density at radius 2 is 2.16 bits per heavy atom. The van der Waals surface area contributed by atoms with Crippen LogP contribution < -0.4 is 5.73 Å². The summed E-state index contributed by atoms with van der Waals surface area (Å²) < 4.78 is 38.0. The normalized spacial score (nSPS) is 15.4. The third-order valence-electron chi connectivity index (χ3n) is 2.71. The number of nitrogen functional groups attached to an aromatic ring is 1. The quantitative estimate of drug-likeness (QED) is 0.922. The van der Waals surface area contributed by atoms with E-state index < -0.39 is 18.6 Å². The highest BCUT2D eigenvalue weighted by Crippen LogP contribution is 2.32. The van der Waals surface area contributed by atoms with Gasteiger partial charge in [0.1, 0.15) is 12.4 Å². The van der Waals surface area contributed by atoms with E-state index in [-0.39, 0.29) is 17.4 Å². The molecule has 1 aliphatic carbocycles. The molecule has 4 nitrogen and oxygen atoms in total. The van der Waals surface area contributed by atoms with E-state index in [9.17, 15) is 18.0 Å². The average molecular weight is 338 g/mol. The Labute approximate surface area is 115 Å². The number of carbonyl (C=O) groups is 1. The van der Waals surface area contributed by atoms with E-state index in [4.69, 9.17) is 5.73 Å². The SMILES string of the molecule is Nc1ncc(Br)cc1C(=O)N(CC(F)(F)F)C1CC1.